The predicted molar refractivity (Wildman–Crippen MR) is 133 cm³/mol. The fourth-order valence-electron chi connectivity index (χ4n) is 3.22. The summed E-state index contributed by atoms with van der Waals surface area (Å²) in [5.74, 6) is -2.31. The number of carbonyl (C=O) groups is 4. The highest BCUT2D eigenvalue weighted by Gasteiger charge is 2.29. The standard InChI is InChI=1S/C23H32N6O5S/c1-14(23(33)34)27-22(32)19(10-15-6-4-3-5-7-15)29-21(31)18(8-9-35-2)28-20(30)17(24)11-16-12-25-13-26-16/h3-7,12-14,17-19H,8-11,24H2,1-2H3,(H,25,26)(H,27,32)(H,28,30)(H,29,31)(H,33,34). The molecule has 190 valence electrons. The number of H-pyrrole nitrogens is 1. The third kappa shape index (κ3) is 9.41. The molecule has 0 radical (unpaired) electrons. The molecule has 11 nitrogen and oxygen atoms in total. The first-order valence-electron chi connectivity index (χ1n) is 11.1. The maximum absolute atomic E-state index is 13.2. The number of aromatic amines is 1. The second-order valence-corrected chi connectivity index (χ2v) is 9.04. The highest BCUT2D eigenvalue weighted by molar-refractivity contribution is 7.98. The van der Waals surface area contributed by atoms with Gasteiger partial charge in [0.05, 0.1) is 12.4 Å². The number of aliphatic carboxylic acids is 1. The molecule has 0 saturated heterocycles. The number of imidazole rings is 1. The molecule has 0 aliphatic carbocycles. The molecule has 3 amide bonds. The zero-order valence-electron chi connectivity index (χ0n) is 19.7. The number of thioether (sulfide) groups is 1. The Hall–Kier alpha value is -3.38. The zero-order chi connectivity index (χ0) is 25.8. The minimum atomic E-state index is -1.19. The van der Waals surface area contributed by atoms with Crippen LogP contribution >= 0.6 is 11.8 Å². The van der Waals surface area contributed by atoms with Gasteiger partial charge in [-0.15, -0.1) is 0 Å². The number of aromatic nitrogens is 2. The van der Waals surface area contributed by atoms with Gasteiger partial charge < -0.3 is 31.8 Å². The van der Waals surface area contributed by atoms with Gasteiger partial charge in [-0.2, -0.15) is 11.8 Å². The van der Waals surface area contributed by atoms with Crippen molar-refractivity contribution in [2.45, 2.75) is 50.4 Å². The van der Waals surface area contributed by atoms with Crippen LogP contribution in [0, 0.1) is 0 Å². The number of amides is 3. The molecule has 0 spiro atoms. The van der Waals surface area contributed by atoms with Crippen LogP contribution in [0.1, 0.15) is 24.6 Å². The van der Waals surface area contributed by atoms with Crippen LogP contribution in [0.2, 0.25) is 0 Å². The van der Waals surface area contributed by atoms with E-state index in [0.717, 1.165) is 5.56 Å². The Morgan fingerprint density at radius 3 is 2.29 bits per heavy atom. The van der Waals surface area contributed by atoms with Crippen LogP contribution in [-0.4, -0.2) is 74.9 Å². The molecule has 2 rings (SSSR count). The van der Waals surface area contributed by atoms with Crippen molar-refractivity contribution in [2.75, 3.05) is 12.0 Å². The Balaban J connectivity index is 2.13. The number of rotatable bonds is 14. The summed E-state index contributed by atoms with van der Waals surface area (Å²) in [6.45, 7) is 1.34. The smallest absolute Gasteiger partial charge is 0.325 e. The molecular weight excluding hydrogens is 472 g/mol. The lowest BCUT2D eigenvalue weighted by atomic mass is 10.0. The summed E-state index contributed by atoms with van der Waals surface area (Å²) in [5, 5.41) is 16.9. The van der Waals surface area contributed by atoms with Crippen molar-refractivity contribution in [3.63, 3.8) is 0 Å². The van der Waals surface area contributed by atoms with Gasteiger partial charge in [-0.25, -0.2) is 4.98 Å². The maximum Gasteiger partial charge on any atom is 0.325 e. The van der Waals surface area contributed by atoms with Gasteiger partial charge in [0.1, 0.15) is 18.1 Å². The van der Waals surface area contributed by atoms with E-state index in [9.17, 15) is 19.2 Å². The van der Waals surface area contributed by atoms with Crippen LogP contribution < -0.4 is 21.7 Å². The zero-order valence-corrected chi connectivity index (χ0v) is 20.5. The normalized spacial score (nSPS) is 14.3. The predicted octanol–water partition coefficient (Wildman–Crippen LogP) is -0.166. The van der Waals surface area contributed by atoms with Gasteiger partial charge in [-0.3, -0.25) is 19.2 Å². The molecule has 0 aliphatic heterocycles. The molecular formula is C23H32N6O5S. The van der Waals surface area contributed by atoms with Crippen molar-refractivity contribution in [1.29, 1.82) is 0 Å². The number of carboxylic acid groups (broad SMARTS) is 1. The van der Waals surface area contributed by atoms with Crippen LogP contribution in [0.25, 0.3) is 0 Å². The Labute approximate surface area is 208 Å². The summed E-state index contributed by atoms with van der Waals surface area (Å²) >= 11 is 1.51. The monoisotopic (exact) mass is 504 g/mol. The first-order chi connectivity index (χ1) is 16.7. The van der Waals surface area contributed by atoms with E-state index in [2.05, 4.69) is 25.9 Å². The Morgan fingerprint density at radius 1 is 1.03 bits per heavy atom. The largest absolute Gasteiger partial charge is 0.480 e. The van der Waals surface area contributed by atoms with E-state index in [-0.39, 0.29) is 12.8 Å². The summed E-state index contributed by atoms with van der Waals surface area (Å²) in [6, 6.07) is 5.02. The average Bonchev–Trinajstić information content (AvgIpc) is 3.34. The highest BCUT2D eigenvalue weighted by Crippen LogP contribution is 2.07. The summed E-state index contributed by atoms with van der Waals surface area (Å²) < 4.78 is 0. The molecule has 0 fully saturated rings. The molecule has 35 heavy (non-hydrogen) atoms. The molecule has 1 heterocycles. The fourth-order valence-corrected chi connectivity index (χ4v) is 3.69. The first-order valence-corrected chi connectivity index (χ1v) is 12.5. The number of nitrogens with one attached hydrogen (secondary N) is 4. The highest BCUT2D eigenvalue weighted by atomic mass is 32.2. The van der Waals surface area contributed by atoms with E-state index < -0.39 is 47.9 Å². The summed E-state index contributed by atoms with van der Waals surface area (Å²) in [6.07, 6.45) is 5.61. The molecule has 12 heteroatoms. The molecule has 1 aromatic heterocycles. The minimum Gasteiger partial charge on any atom is -0.480 e. The first kappa shape index (κ1) is 27.9. The quantitative estimate of drug-likeness (QED) is 0.205. The number of hydrogen-bond donors (Lipinski definition) is 6. The van der Waals surface area contributed by atoms with Crippen LogP contribution in [-0.2, 0) is 32.0 Å². The lowest BCUT2D eigenvalue weighted by Crippen LogP contribution is -2.57. The van der Waals surface area contributed by atoms with E-state index >= 15 is 0 Å². The molecule has 0 saturated carbocycles. The third-order valence-electron chi connectivity index (χ3n) is 5.22. The van der Waals surface area contributed by atoms with Crippen molar-refractivity contribution in [3.8, 4) is 0 Å². The minimum absolute atomic E-state index is 0.146. The van der Waals surface area contributed by atoms with Crippen molar-refractivity contribution in [3.05, 3.63) is 54.1 Å². The number of carbonyl (C=O) groups excluding carboxylic acids is 3. The number of nitrogens with zero attached hydrogens (tertiary/aromatic N) is 1. The van der Waals surface area contributed by atoms with Crippen molar-refractivity contribution < 1.29 is 24.3 Å². The molecule has 0 bridgehead atoms. The van der Waals surface area contributed by atoms with E-state index in [1.54, 1.807) is 30.5 Å². The van der Waals surface area contributed by atoms with Gasteiger partial charge in [0.2, 0.25) is 17.7 Å². The number of benzene rings is 1. The van der Waals surface area contributed by atoms with Crippen LogP contribution in [0.5, 0.6) is 0 Å². The summed E-state index contributed by atoms with van der Waals surface area (Å²) in [7, 11) is 0. The van der Waals surface area contributed by atoms with Crippen LogP contribution in [0.3, 0.4) is 0 Å². The number of carboxylic acids is 1. The molecule has 4 unspecified atom stereocenters. The van der Waals surface area contributed by atoms with Crippen LogP contribution in [0.4, 0.5) is 0 Å². The SMILES string of the molecule is CSCCC(NC(=O)C(N)Cc1cnc[nH]1)C(=O)NC(Cc1ccccc1)C(=O)NC(C)C(=O)O. The fraction of sp³-hybridized carbons (Fsp3) is 0.435. The van der Waals surface area contributed by atoms with Crippen molar-refractivity contribution >= 4 is 35.5 Å². The maximum atomic E-state index is 13.2. The van der Waals surface area contributed by atoms with E-state index in [4.69, 9.17) is 10.8 Å². The Morgan fingerprint density at radius 2 is 1.69 bits per heavy atom. The molecule has 4 atom stereocenters. The second-order valence-electron chi connectivity index (χ2n) is 8.05. The Bertz CT molecular complexity index is 972. The molecule has 7 N–H and O–H groups in total. The van der Waals surface area contributed by atoms with Gasteiger partial charge in [-0.1, -0.05) is 30.3 Å². The summed E-state index contributed by atoms with van der Waals surface area (Å²) in [5.41, 5.74) is 7.47. The lowest BCUT2D eigenvalue weighted by Gasteiger charge is -2.25. The Kier molecular flexibility index (Phi) is 11.2. The number of hydrogen-bond acceptors (Lipinski definition) is 7. The van der Waals surface area contributed by atoms with Gasteiger partial charge >= 0.3 is 5.97 Å². The van der Waals surface area contributed by atoms with Gasteiger partial charge in [-0.05, 0) is 30.9 Å². The lowest BCUT2D eigenvalue weighted by molar-refractivity contribution is -0.141. The third-order valence-corrected chi connectivity index (χ3v) is 5.86. The van der Waals surface area contributed by atoms with Gasteiger partial charge in [0.25, 0.3) is 0 Å². The van der Waals surface area contributed by atoms with Crippen molar-refractivity contribution in [2.24, 2.45) is 5.73 Å². The van der Waals surface area contributed by atoms with E-state index in [1.165, 1.54) is 25.0 Å². The van der Waals surface area contributed by atoms with E-state index in [0.29, 0.717) is 17.9 Å². The van der Waals surface area contributed by atoms with Crippen LogP contribution in [0.15, 0.2) is 42.9 Å². The molecule has 2 aromatic rings. The van der Waals surface area contributed by atoms with Crippen molar-refractivity contribution in [1.82, 2.24) is 25.9 Å². The van der Waals surface area contributed by atoms with Gasteiger partial charge in [0, 0.05) is 24.7 Å². The topological polar surface area (TPSA) is 179 Å². The summed E-state index contributed by atoms with van der Waals surface area (Å²) in [4.78, 5) is 56.6. The molecule has 0 aliphatic rings. The average molecular weight is 505 g/mol. The second kappa shape index (κ2) is 14.1. The van der Waals surface area contributed by atoms with E-state index in [1.807, 2.05) is 12.3 Å². The molecule has 1 aromatic carbocycles. The van der Waals surface area contributed by atoms with Gasteiger partial charge in [0.15, 0.2) is 0 Å². The number of nitrogens with two attached hydrogens (primary N) is 1.